The fraction of sp³-hybridized carbons (Fsp3) is 0.300. The molecule has 0 bridgehead atoms. The van der Waals surface area contributed by atoms with Gasteiger partial charge in [0.1, 0.15) is 0 Å². The first-order chi connectivity index (χ1) is 7.09. The van der Waals surface area contributed by atoms with Gasteiger partial charge in [-0.2, -0.15) is 0 Å². The smallest absolute Gasteiger partial charge is 0.306 e. The number of hydrogen-bond donors (Lipinski definition) is 0. The van der Waals surface area contributed by atoms with Crippen LogP contribution in [0.25, 0.3) is 0 Å². The van der Waals surface area contributed by atoms with Gasteiger partial charge in [0, 0.05) is 5.92 Å². The maximum atomic E-state index is 11.0. The molecular weight excluding hydrogens is 258 g/mol. The van der Waals surface area contributed by atoms with E-state index in [4.69, 9.17) is 39.5 Å². The van der Waals surface area contributed by atoms with Crippen molar-refractivity contribution >= 4 is 40.8 Å². The van der Waals surface area contributed by atoms with E-state index in [1.54, 1.807) is 12.1 Å². The van der Waals surface area contributed by atoms with Crippen molar-refractivity contribution in [1.29, 1.82) is 0 Å². The largest absolute Gasteiger partial charge is 0.465 e. The molecule has 1 heterocycles. The second-order valence-corrected chi connectivity index (χ2v) is 4.51. The molecule has 1 saturated heterocycles. The van der Waals surface area contributed by atoms with E-state index in [9.17, 15) is 4.79 Å². The number of esters is 1. The van der Waals surface area contributed by atoms with Gasteiger partial charge >= 0.3 is 5.97 Å². The van der Waals surface area contributed by atoms with Gasteiger partial charge in [-0.25, -0.2) is 0 Å². The first-order valence-electron chi connectivity index (χ1n) is 4.38. The Bertz CT molecular complexity index is 417. The zero-order valence-corrected chi connectivity index (χ0v) is 9.86. The van der Waals surface area contributed by atoms with Gasteiger partial charge < -0.3 is 4.74 Å². The van der Waals surface area contributed by atoms with Crippen molar-refractivity contribution < 1.29 is 9.53 Å². The van der Waals surface area contributed by atoms with Gasteiger partial charge in [-0.05, 0) is 11.6 Å². The van der Waals surface area contributed by atoms with E-state index in [0.717, 1.165) is 5.56 Å². The number of hydrogen-bond acceptors (Lipinski definition) is 2. The molecule has 1 fully saturated rings. The molecule has 0 amide bonds. The van der Waals surface area contributed by atoms with Gasteiger partial charge in [-0.15, -0.1) is 0 Å². The molecule has 0 saturated carbocycles. The number of benzene rings is 1. The summed E-state index contributed by atoms with van der Waals surface area (Å²) in [5.41, 5.74) is 0.817. The van der Waals surface area contributed by atoms with Crippen LogP contribution in [0, 0.1) is 0 Å². The molecule has 0 aliphatic carbocycles. The molecule has 2 nitrogen and oxygen atoms in total. The molecule has 5 heteroatoms. The summed E-state index contributed by atoms with van der Waals surface area (Å²) in [6.45, 7) is 0.358. The number of rotatable bonds is 1. The van der Waals surface area contributed by atoms with Crippen LogP contribution < -0.4 is 0 Å². The number of carbonyl (C=O) groups excluding carboxylic acids is 1. The molecule has 0 spiro atoms. The maximum absolute atomic E-state index is 11.0. The third-order valence-corrected chi connectivity index (χ3v) is 3.67. The summed E-state index contributed by atoms with van der Waals surface area (Å²) in [6.07, 6.45) is 0.345. The van der Waals surface area contributed by atoms with E-state index < -0.39 is 0 Å². The van der Waals surface area contributed by atoms with Crippen LogP contribution in [0.3, 0.4) is 0 Å². The van der Waals surface area contributed by atoms with Crippen LogP contribution >= 0.6 is 34.8 Å². The maximum Gasteiger partial charge on any atom is 0.306 e. The van der Waals surface area contributed by atoms with Crippen molar-refractivity contribution in [1.82, 2.24) is 0 Å². The number of halogens is 3. The summed E-state index contributed by atoms with van der Waals surface area (Å²) in [6, 6.07) is 3.46. The molecule has 1 unspecified atom stereocenters. The van der Waals surface area contributed by atoms with Crippen molar-refractivity contribution in [2.45, 2.75) is 12.3 Å². The van der Waals surface area contributed by atoms with E-state index in [-0.39, 0.29) is 11.9 Å². The lowest BCUT2D eigenvalue weighted by Gasteiger charge is -2.10. The minimum atomic E-state index is -0.206. The lowest BCUT2D eigenvalue weighted by molar-refractivity contribution is -0.137. The van der Waals surface area contributed by atoms with Crippen molar-refractivity contribution in [3.8, 4) is 0 Å². The van der Waals surface area contributed by atoms with Crippen LogP contribution in [0.2, 0.25) is 15.1 Å². The van der Waals surface area contributed by atoms with Crippen LogP contribution in [-0.2, 0) is 9.53 Å². The van der Waals surface area contributed by atoms with Crippen LogP contribution in [0.4, 0.5) is 0 Å². The van der Waals surface area contributed by atoms with Gasteiger partial charge in [0.05, 0.1) is 28.1 Å². The Morgan fingerprint density at radius 2 is 1.93 bits per heavy atom. The lowest BCUT2D eigenvalue weighted by atomic mass is 9.98. The second-order valence-electron chi connectivity index (χ2n) is 3.35. The topological polar surface area (TPSA) is 26.3 Å². The Labute approximate surface area is 102 Å². The summed E-state index contributed by atoms with van der Waals surface area (Å²) in [5.74, 6) is -0.220. The first-order valence-corrected chi connectivity index (χ1v) is 5.52. The molecule has 1 aliphatic heterocycles. The Hall–Kier alpha value is -0.440. The average molecular weight is 266 g/mol. The van der Waals surface area contributed by atoms with Gasteiger partial charge in [0.25, 0.3) is 0 Å². The van der Waals surface area contributed by atoms with Crippen LogP contribution in [0.5, 0.6) is 0 Å². The van der Waals surface area contributed by atoms with E-state index in [0.29, 0.717) is 28.1 Å². The first kappa shape index (κ1) is 11.1. The molecule has 1 atom stereocenters. The fourth-order valence-corrected chi connectivity index (χ4v) is 2.27. The van der Waals surface area contributed by atoms with E-state index in [1.807, 2.05) is 0 Å². The number of ether oxygens (including phenoxy) is 1. The van der Waals surface area contributed by atoms with Gasteiger partial charge in [0.2, 0.25) is 0 Å². The van der Waals surface area contributed by atoms with Crippen molar-refractivity contribution in [2.24, 2.45) is 0 Å². The SMILES string of the molecule is O=C1CC(c2ccc(Cl)c(Cl)c2Cl)CO1. The van der Waals surface area contributed by atoms with Gasteiger partial charge in [0.15, 0.2) is 0 Å². The highest BCUT2D eigenvalue weighted by atomic mass is 35.5. The summed E-state index contributed by atoms with van der Waals surface area (Å²) in [7, 11) is 0. The van der Waals surface area contributed by atoms with Crippen LogP contribution in [-0.4, -0.2) is 12.6 Å². The standard InChI is InChI=1S/C10H7Cl3O2/c11-7-2-1-6(9(12)10(7)13)5-3-8(14)15-4-5/h1-2,5H,3-4H2. The highest BCUT2D eigenvalue weighted by Gasteiger charge is 2.27. The summed E-state index contributed by atoms with van der Waals surface area (Å²) in [5, 5.41) is 1.15. The van der Waals surface area contributed by atoms with Crippen molar-refractivity contribution in [3.05, 3.63) is 32.8 Å². The minimum absolute atomic E-state index is 0.0141. The highest BCUT2D eigenvalue weighted by molar-refractivity contribution is 6.48. The molecule has 15 heavy (non-hydrogen) atoms. The third kappa shape index (κ3) is 2.07. The number of carbonyl (C=O) groups is 1. The fourth-order valence-electron chi connectivity index (χ4n) is 1.57. The van der Waals surface area contributed by atoms with Crippen molar-refractivity contribution in [3.63, 3.8) is 0 Å². The Balaban J connectivity index is 2.37. The number of cyclic esters (lactones) is 1. The van der Waals surface area contributed by atoms with Gasteiger partial charge in [-0.3, -0.25) is 4.79 Å². The predicted molar refractivity (Wildman–Crippen MR) is 59.8 cm³/mol. The molecule has 1 aromatic rings. The Kier molecular flexibility index (Phi) is 3.10. The molecule has 0 N–H and O–H groups in total. The average Bonchev–Trinajstić information content (AvgIpc) is 2.61. The molecule has 1 aliphatic rings. The quantitative estimate of drug-likeness (QED) is 0.572. The normalized spacial score (nSPS) is 20.5. The summed E-state index contributed by atoms with van der Waals surface area (Å²) in [4.78, 5) is 11.0. The predicted octanol–water partition coefficient (Wildman–Crippen LogP) is 3.68. The van der Waals surface area contributed by atoms with Crippen LogP contribution in [0.15, 0.2) is 12.1 Å². The second kappa shape index (κ2) is 4.20. The summed E-state index contributed by atoms with van der Waals surface area (Å²) >= 11 is 17.8. The monoisotopic (exact) mass is 264 g/mol. The lowest BCUT2D eigenvalue weighted by Crippen LogP contribution is -1.98. The minimum Gasteiger partial charge on any atom is -0.465 e. The van der Waals surface area contributed by atoms with E-state index >= 15 is 0 Å². The Morgan fingerprint density at radius 1 is 1.20 bits per heavy atom. The molecule has 80 valence electrons. The zero-order valence-electron chi connectivity index (χ0n) is 7.60. The Morgan fingerprint density at radius 3 is 2.53 bits per heavy atom. The van der Waals surface area contributed by atoms with E-state index in [2.05, 4.69) is 0 Å². The third-order valence-electron chi connectivity index (χ3n) is 2.36. The highest BCUT2D eigenvalue weighted by Crippen LogP contribution is 2.38. The molecule has 1 aromatic carbocycles. The van der Waals surface area contributed by atoms with Crippen LogP contribution in [0.1, 0.15) is 17.9 Å². The zero-order chi connectivity index (χ0) is 11.0. The molecule has 0 radical (unpaired) electrons. The van der Waals surface area contributed by atoms with E-state index in [1.165, 1.54) is 0 Å². The summed E-state index contributed by atoms with van der Waals surface area (Å²) < 4.78 is 4.87. The van der Waals surface area contributed by atoms with Gasteiger partial charge in [-0.1, -0.05) is 40.9 Å². The molecule has 2 rings (SSSR count). The van der Waals surface area contributed by atoms with Crippen molar-refractivity contribution in [2.75, 3.05) is 6.61 Å². The molecular formula is C10H7Cl3O2. The molecule has 0 aromatic heterocycles.